The Balaban J connectivity index is 1.93. The van der Waals surface area contributed by atoms with Crippen LogP contribution in [0.1, 0.15) is 58.7 Å². The Morgan fingerprint density at radius 2 is 2.08 bits per heavy atom. The maximum Gasteiger partial charge on any atom is 0.222 e. The molecule has 0 bridgehead atoms. The van der Waals surface area contributed by atoms with E-state index in [1.165, 1.54) is 12.8 Å². The van der Waals surface area contributed by atoms with Crippen molar-refractivity contribution in [3.8, 4) is 0 Å². The summed E-state index contributed by atoms with van der Waals surface area (Å²) in [6.07, 6.45) is 8.02. The van der Waals surface area contributed by atoms with Gasteiger partial charge in [-0.15, -0.1) is 0 Å². The molecule has 0 saturated heterocycles. The summed E-state index contributed by atoms with van der Waals surface area (Å²) in [4.78, 5) is 24.0. The van der Waals surface area contributed by atoms with Crippen LogP contribution in [0.5, 0.6) is 0 Å². The fourth-order valence-electron chi connectivity index (χ4n) is 4.21. The van der Waals surface area contributed by atoms with Crippen LogP contribution in [-0.4, -0.2) is 38.9 Å². The fourth-order valence-corrected chi connectivity index (χ4v) is 4.21. The number of pyridine rings is 1. The van der Waals surface area contributed by atoms with Gasteiger partial charge < -0.3 is 9.47 Å². The first-order chi connectivity index (χ1) is 12.4. The first kappa shape index (κ1) is 18.9. The molecule has 2 aromatic heterocycles. The lowest BCUT2D eigenvalue weighted by atomic mass is 9.78. The smallest absolute Gasteiger partial charge is 0.222 e. The predicted octanol–water partition coefficient (Wildman–Crippen LogP) is 4.06. The van der Waals surface area contributed by atoms with Crippen molar-refractivity contribution in [1.82, 2.24) is 19.4 Å². The normalized spacial score (nSPS) is 16.5. The molecule has 1 saturated carbocycles. The number of aromatic nitrogens is 3. The van der Waals surface area contributed by atoms with E-state index < -0.39 is 0 Å². The zero-order valence-corrected chi connectivity index (χ0v) is 16.7. The van der Waals surface area contributed by atoms with Gasteiger partial charge in [0.2, 0.25) is 5.91 Å². The molecule has 5 nitrogen and oxygen atoms in total. The quantitative estimate of drug-likeness (QED) is 0.752. The first-order valence-electron chi connectivity index (χ1n) is 9.98. The minimum absolute atomic E-state index is 0.0522. The minimum Gasteiger partial charge on any atom is -0.346 e. The third-order valence-electron chi connectivity index (χ3n) is 5.75. The Hall–Kier alpha value is -1.91. The van der Waals surface area contributed by atoms with Crippen molar-refractivity contribution >= 4 is 17.1 Å². The van der Waals surface area contributed by atoms with Gasteiger partial charge in [-0.1, -0.05) is 26.7 Å². The van der Waals surface area contributed by atoms with Gasteiger partial charge in [-0.2, -0.15) is 0 Å². The van der Waals surface area contributed by atoms with Gasteiger partial charge in [-0.05, 0) is 43.2 Å². The standard InChI is InChI=1S/C21H32N4O/c1-5-24(4)19(26)14-21(10-6-7-11-21)13-18-23-17-9-8-12-22-20(17)25(18)15-16(2)3/h8-9,12,16H,5-7,10-11,13-15H2,1-4H3. The van der Waals surface area contributed by atoms with Crippen LogP contribution in [0.3, 0.4) is 0 Å². The lowest BCUT2D eigenvalue weighted by Crippen LogP contribution is -2.34. The first-order valence-corrected chi connectivity index (χ1v) is 9.98. The highest BCUT2D eigenvalue weighted by Crippen LogP contribution is 2.44. The number of rotatable bonds is 7. The van der Waals surface area contributed by atoms with Crippen LogP contribution in [-0.2, 0) is 17.8 Å². The Labute approximate surface area is 156 Å². The van der Waals surface area contributed by atoms with E-state index in [0.717, 1.165) is 49.3 Å². The number of hydrogen-bond acceptors (Lipinski definition) is 3. The summed E-state index contributed by atoms with van der Waals surface area (Å²) in [5, 5.41) is 0. The minimum atomic E-state index is 0.0522. The number of amides is 1. The van der Waals surface area contributed by atoms with Gasteiger partial charge in [0, 0.05) is 39.2 Å². The van der Waals surface area contributed by atoms with Crippen LogP contribution in [0.25, 0.3) is 11.2 Å². The van der Waals surface area contributed by atoms with Crippen molar-refractivity contribution in [2.24, 2.45) is 11.3 Å². The van der Waals surface area contributed by atoms with Crippen molar-refractivity contribution in [1.29, 1.82) is 0 Å². The maximum atomic E-state index is 12.6. The second-order valence-corrected chi connectivity index (χ2v) is 8.35. The molecule has 0 atom stereocenters. The predicted molar refractivity (Wildman–Crippen MR) is 105 cm³/mol. The number of carbonyl (C=O) groups excluding carboxylic acids is 1. The number of imidazole rings is 1. The summed E-state index contributed by atoms with van der Waals surface area (Å²) in [7, 11) is 1.91. The zero-order chi connectivity index (χ0) is 18.7. The molecule has 0 aliphatic heterocycles. The van der Waals surface area contributed by atoms with Crippen LogP contribution in [0, 0.1) is 11.3 Å². The number of carbonyl (C=O) groups is 1. The molecule has 3 rings (SSSR count). The molecule has 2 heterocycles. The van der Waals surface area contributed by atoms with Gasteiger partial charge in [0.05, 0.1) is 0 Å². The van der Waals surface area contributed by atoms with Crippen molar-refractivity contribution < 1.29 is 4.79 Å². The average molecular weight is 357 g/mol. The molecule has 0 spiro atoms. The summed E-state index contributed by atoms with van der Waals surface area (Å²) in [5.41, 5.74) is 1.99. The Morgan fingerprint density at radius 3 is 2.73 bits per heavy atom. The molecular weight excluding hydrogens is 324 g/mol. The third kappa shape index (κ3) is 3.92. The van der Waals surface area contributed by atoms with E-state index in [4.69, 9.17) is 4.98 Å². The zero-order valence-electron chi connectivity index (χ0n) is 16.7. The van der Waals surface area contributed by atoms with E-state index in [-0.39, 0.29) is 11.3 Å². The molecule has 26 heavy (non-hydrogen) atoms. The topological polar surface area (TPSA) is 51.0 Å². The molecule has 0 unspecified atom stereocenters. The number of fused-ring (bicyclic) bond motifs is 1. The highest BCUT2D eigenvalue weighted by atomic mass is 16.2. The van der Waals surface area contributed by atoms with Gasteiger partial charge in [0.1, 0.15) is 11.3 Å². The SMILES string of the molecule is CCN(C)C(=O)CC1(Cc2nc3cccnc3n2CC(C)C)CCCC1. The second kappa shape index (κ2) is 7.77. The van der Waals surface area contributed by atoms with Crippen LogP contribution in [0.15, 0.2) is 18.3 Å². The van der Waals surface area contributed by atoms with Crippen LogP contribution < -0.4 is 0 Å². The van der Waals surface area contributed by atoms with Crippen molar-refractivity contribution in [3.05, 3.63) is 24.2 Å². The average Bonchev–Trinajstić information content (AvgIpc) is 3.19. The van der Waals surface area contributed by atoms with E-state index in [1.54, 1.807) is 0 Å². The maximum absolute atomic E-state index is 12.6. The molecule has 2 aromatic rings. The molecular formula is C21H32N4O. The lowest BCUT2D eigenvalue weighted by molar-refractivity contribution is -0.132. The lowest BCUT2D eigenvalue weighted by Gasteiger charge is -2.30. The highest BCUT2D eigenvalue weighted by Gasteiger charge is 2.38. The Bertz CT molecular complexity index is 758. The summed E-state index contributed by atoms with van der Waals surface area (Å²) in [5.74, 6) is 1.89. The third-order valence-corrected chi connectivity index (χ3v) is 5.75. The van der Waals surface area contributed by atoms with Gasteiger partial charge in [0.15, 0.2) is 5.65 Å². The summed E-state index contributed by atoms with van der Waals surface area (Å²) in [6, 6.07) is 3.99. The van der Waals surface area contributed by atoms with E-state index >= 15 is 0 Å². The number of nitrogens with zero attached hydrogens (tertiary/aromatic N) is 4. The largest absolute Gasteiger partial charge is 0.346 e. The molecule has 1 aliphatic rings. The second-order valence-electron chi connectivity index (χ2n) is 8.35. The van der Waals surface area contributed by atoms with E-state index in [2.05, 4.69) is 23.4 Å². The van der Waals surface area contributed by atoms with Crippen molar-refractivity contribution in [2.75, 3.05) is 13.6 Å². The van der Waals surface area contributed by atoms with E-state index in [0.29, 0.717) is 12.3 Å². The fraction of sp³-hybridized carbons (Fsp3) is 0.667. The summed E-state index contributed by atoms with van der Waals surface area (Å²) in [6.45, 7) is 8.17. The monoisotopic (exact) mass is 356 g/mol. The molecule has 0 N–H and O–H groups in total. The van der Waals surface area contributed by atoms with Gasteiger partial charge >= 0.3 is 0 Å². The molecule has 0 radical (unpaired) electrons. The molecule has 1 fully saturated rings. The van der Waals surface area contributed by atoms with E-state index in [1.807, 2.05) is 37.2 Å². The molecule has 142 valence electrons. The molecule has 0 aromatic carbocycles. The van der Waals surface area contributed by atoms with Crippen molar-refractivity contribution in [3.63, 3.8) is 0 Å². The Morgan fingerprint density at radius 1 is 1.35 bits per heavy atom. The van der Waals surface area contributed by atoms with Crippen LogP contribution >= 0.6 is 0 Å². The van der Waals surface area contributed by atoms with Crippen LogP contribution in [0.4, 0.5) is 0 Å². The highest BCUT2D eigenvalue weighted by molar-refractivity contribution is 5.76. The Kier molecular flexibility index (Phi) is 5.64. The molecule has 5 heteroatoms. The van der Waals surface area contributed by atoms with E-state index in [9.17, 15) is 4.79 Å². The molecule has 1 amide bonds. The van der Waals surface area contributed by atoms with Gasteiger partial charge in [0.25, 0.3) is 0 Å². The van der Waals surface area contributed by atoms with Crippen LogP contribution in [0.2, 0.25) is 0 Å². The van der Waals surface area contributed by atoms with Gasteiger partial charge in [-0.3, -0.25) is 4.79 Å². The summed E-state index contributed by atoms with van der Waals surface area (Å²) < 4.78 is 2.29. The van der Waals surface area contributed by atoms with Crippen molar-refractivity contribution in [2.45, 2.75) is 65.8 Å². The van der Waals surface area contributed by atoms with Gasteiger partial charge in [-0.25, -0.2) is 9.97 Å². The number of hydrogen-bond donors (Lipinski definition) is 0. The molecule has 1 aliphatic carbocycles. The summed E-state index contributed by atoms with van der Waals surface area (Å²) >= 11 is 0.